The minimum Gasteiger partial charge on any atom is -0.455 e. The van der Waals surface area contributed by atoms with Gasteiger partial charge >= 0.3 is 11.9 Å². The summed E-state index contributed by atoms with van der Waals surface area (Å²) in [6.07, 6.45) is 0. The molecule has 1 atom stereocenters. The van der Waals surface area contributed by atoms with Crippen LogP contribution in [0.15, 0.2) is 36.4 Å². The van der Waals surface area contributed by atoms with Crippen LogP contribution in [-0.4, -0.2) is 11.6 Å². The van der Waals surface area contributed by atoms with E-state index in [1.54, 1.807) is 37.9 Å². The number of nitrogens with zero attached hydrogens (tertiary/aromatic N) is 1. The van der Waals surface area contributed by atoms with Crippen LogP contribution in [0.2, 0.25) is 5.02 Å². The highest BCUT2D eigenvalue weighted by molar-refractivity contribution is 6.31. The summed E-state index contributed by atoms with van der Waals surface area (Å²) < 4.78 is 34.5. The van der Waals surface area contributed by atoms with Crippen molar-refractivity contribution in [3.63, 3.8) is 0 Å². The number of carbonyl (C=O) groups is 1. The molecule has 7 heteroatoms. The lowest BCUT2D eigenvalue weighted by molar-refractivity contribution is -0.185. The van der Waals surface area contributed by atoms with Crippen molar-refractivity contribution in [2.75, 3.05) is 5.01 Å². The highest BCUT2D eigenvalue weighted by Crippen LogP contribution is 2.40. The lowest BCUT2D eigenvalue weighted by Gasteiger charge is -2.25. The summed E-state index contributed by atoms with van der Waals surface area (Å²) >= 11 is 6.34. The number of esters is 1. The van der Waals surface area contributed by atoms with Crippen LogP contribution in [-0.2, 0) is 22.0 Å². The first kappa shape index (κ1) is 21.5. The van der Waals surface area contributed by atoms with E-state index in [2.05, 4.69) is 5.43 Å². The molecule has 1 N–H and O–H groups in total. The van der Waals surface area contributed by atoms with Crippen LogP contribution in [0.1, 0.15) is 56.0 Å². The fourth-order valence-electron chi connectivity index (χ4n) is 3.33. The molecule has 1 heterocycles. The Morgan fingerprint density at radius 2 is 1.93 bits per heavy atom. The molecule has 0 bridgehead atoms. The Bertz CT molecular complexity index is 921. The van der Waals surface area contributed by atoms with Crippen LogP contribution in [0.3, 0.4) is 0 Å². The molecular formula is C22H25ClF2N2O2. The first-order valence-electron chi connectivity index (χ1n) is 9.43. The highest BCUT2D eigenvalue weighted by atomic mass is 35.5. The summed E-state index contributed by atoms with van der Waals surface area (Å²) in [5, 5.41) is 2.41. The maximum absolute atomic E-state index is 14.8. The van der Waals surface area contributed by atoms with Crippen molar-refractivity contribution in [2.24, 2.45) is 0 Å². The van der Waals surface area contributed by atoms with Crippen molar-refractivity contribution in [1.29, 1.82) is 0 Å². The number of anilines is 1. The van der Waals surface area contributed by atoms with Gasteiger partial charge in [-0.2, -0.15) is 8.78 Å². The molecule has 4 nitrogen and oxygen atoms in total. The van der Waals surface area contributed by atoms with Crippen molar-refractivity contribution in [2.45, 2.75) is 58.7 Å². The summed E-state index contributed by atoms with van der Waals surface area (Å²) in [4.78, 5) is 12.1. The predicted octanol–water partition coefficient (Wildman–Crippen LogP) is 5.67. The molecule has 3 rings (SSSR count). The van der Waals surface area contributed by atoms with Gasteiger partial charge in [-0.05, 0) is 63.4 Å². The van der Waals surface area contributed by atoms with Gasteiger partial charge in [0.2, 0.25) is 0 Å². The third-order valence-electron chi connectivity index (χ3n) is 4.82. The van der Waals surface area contributed by atoms with Gasteiger partial charge in [0.1, 0.15) is 5.60 Å². The van der Waals surface area contributed by atoms with Gasteiger partial charge in [0.05, 0.1) is 18.3 Å². The number of aryl methyl sites for hydroxylation is 1. The number of ether oxygens (including phenoxy) is 1. The van der Waals surface area contributed by atoms with Crippen LogP contribution in [0, 0.1) is 6.92 Å². The molecule has 1 aliphatic heterocycles. The fraction of sp³-hybridized carbons (Fsp3) is 0.409. The number of hydrazine groups is 1. The molecule has 0 aliphatic carbocycles. The van der Waals surface area contributed by atoms with Gasteiger partial charge in [-0.15, -0.1) is 0 Å². The molecule has 0 spiro atoms. The minimum atomic E-state index is -3.75. The SMILES string of the molecule is Cc1cccc(Cl)c1CN1NC(C)c2ccc(C(F)(F)C(=O)OC(C)(C)C)cc21. The largest absolute Gasteiger partial charge is 0.455 e. The molecule has 0 saturated heterocycles. The van der Waals surface area contributed by atoms with Crippen molar-refractivity contribution < 1.29 is 18.3 Å². The van der Waals surface area contributed by atoms with E-state index in [-0.39, 0.29) is 6.04 Å². The van der Waals surface area contributed by atoms with Crippen LogP contribution in [0.4, 0.5) is 14.5 Å². The second-order valence-electron chi connectivity index (χ2n) is 8.32. The molecule has 1 unspecified atom stereocenters. The summed E-state index contributed by atoms with van der Waals surface area (Å²) in [5.74, 6) is -5.31. The zero-order valence-corrected chi connectivity index (χ0v) is 17.9. The monoisotopic (exact) mass is 422 g/mol. The second kappa shape index (κ2) is 7.58. The molecule has 2 aromatic carbocycles. The zero-order valence-electron chi connectivity index (χ0n) is 17.1. The van der Waals surface area contributed by atoms with Crippen molar-refractivity contribution in [3.8, 4) is 0 Å². The van der Waals surface area contributed by atoms with Crippen molar-refractivity contribution >= 4 is 23.3 Å². The Morgan fingerprint density at radius 3 is 2.55 bits per heavy atom. The number of fused-ring (bicyclic) bond motifs is 1. The molecule has 29 heavy (non-hydrogen) atoms. The maximum atomic E-state index is 14.8. The van der Waals surface area contributed by atoms with E-state index in [1.807, 2.05) is 26.0 Å². The van der Waals surface area contributed by atoms with Crippen molar-refractivity contribution in [3.05, 3.63) is 63.7 Å². The van der Waals surface area contributed by atoms with E-state index >= 15 is 0 Å². The number of nitrogens with one attached hydrogen (secondary N) is 1. The van der Waals surface area contributed by atoms with Crippen LogP contribution in [0.5, 0.6) is 0 Å². The van der Waals surface area contributed by atoms with Gasteiger partial charge in [-0.1, -0.05) is 35.9 Å². The van der Waals surface area contributed by atoms with Crippen molar-refractivity contribution in [1.82, 2.24) is 5.43 Å². The van der Waals surface area contributed by atoms with Gasteiger partial charge in [-0.3, -0.25) is 0 Å². The van der Waals surface area contributed by atoms with E-state index in [4.69, 9.17) is 16.3 Å². The first-order valence-corrected chi connectivity index (χ1v) is 9.81. The Kier molecular flexibility index (Phi) is 5.62. The standard InChI is InChI=1S/C22H25ClF2N2O2/c1-13-7-6-8-18(23)17(13)12-27-19-11-15(9-10-16(19)14(2)26-27)22(24,25)20(28)29-21(3,4)5/h6-11,14,26H,12H2,1-5H3. The Morgan fingerprint density at radius 1 is 1.24 bits per heavy atom. The molecular weight excluding hydrogens is 398 g/mol. The average molecular weight is 423 g/mol. The number of hydrogen-bond donors (Lipinski definition) is 1. The predicted molar refractivity (Wildman–Crippen MR) is 110 cm³/mol. The number of carbonyl (C=O) groups excluding carboxylic acids is 1. The Balaban J connectivity index is 1.95. The average Bonchev–Trinajstić information content (AvgIpc) is 2.92. The van der Waals surface area contributed by atoms with Gasteiger partial charge in [-0.25, -0.2) is 10.2 Å². The van der Waals surface area contributed by atoms with Gasteiger partial charge < -0.3 is 9.75 Å². The van der Waals surface area contributed by atoms with Crippen LogP contribution < -0.4 is 10.4 Å². The van der Waals surface area contributed by atoms with E-state index in [0.29, 0.717) is 17.3 Å². The smallest absolute Gasteiger partial charge is 0.382 e. The lowest BCUT2D eigenvalue weighted by Crippen LogP contribution is -2.35. The molecule has 0 saturated carbocycles. The van der Waals surface area contributed by atoms with Gasteiger partial charge in [0.15, 0.2) is 0 Å². The number of rotatable bonds is 4. The third-order valence-corrected chi connectivity index (χ3v) is 5.18. The molecule has 0 fully saturated rings. The van der Waals surface area contributed by atoms with E-state index in [9.17, 15) is 13.6 Å². The lowest BCUT2D eigenvalue weighted by atomic mass is 10.0. The maximum Gasteiger partial charge on any atom is 0.382 e. The molecule has 0 amide bonds. The topological polar surface area (TPSA) is 41.6 Å². The summed E-state index contributed by atoms with van der Waals surface area (Å²) in [7, 11) is 0. The number of benzene rings is 2. The minimum absolute atomic E-state index is 0.0583. The fourth-order valence-corrected chi connectivity index (χ4v) is 3.61. The van der Waals surface area contributed by atoms with E-state index in [0.717, 1.165) is 16.7 Å². The quantitative estimate of drug-likeness (QED) is 0.645. The molecule has 156 valence electrons. The Hall–Kier alpha value is -2.18. The van der Waals surface area contributed by atoms with Gasteiger partial charge in [0, 0.05) is 10.6 Å². The highest BCUT2D eigenvalue weighted by Gasteiger charge is 2.45. The van der Waals surface area contributed by atoms with Gasteiger partial charge in [0.25, 0.3) is 0 Å². The second-order valence-corrected chi connectivity index (χ2v) is 8.73. The number of alkyl halides is 2. The third kappa shape index (κ3) is 4.38. The van der Waals surface area contributed by atoms with Crippen LogP contribution in [0.25, 0.3) is 0 Å². The summed E-state index contributed by atoms with van der Waals surface area (Å²) in [5.41, 5.74) is 5.27. The van der Waals surface area contributed by atoms with E-state index < -0.39 is 23.1 Å². The summed E-state index contributed by atoms with van der Waals surface area (Å²) in [6.45, 7) is 8.98. The molecule has 0 aromatic heterocycles. The number of halogens is 3. The molecule has 2 aromatic rings. The summed E-state index contributed by atoms with van der Waals surface area (Å²) in [6, 6.07) is 9.82. The Labute approximate surface area is 174 Å². The molecule has 0 radical (unpaired) electrons. The molecule has 1 aliphatic rings. The normalized spacial score (nSPS) is 16.7. The van der Waals surface area contributed by atoms with E-state index in [1.165, 1.54) is 12.1 Å². The number of hydrogen-bond acceptors (Lipinski definition) is 4. The first-order chi connectivity index (χ1) is 13.4. The zero-order chi connectivity index (χ0) is 21.6. The van der Waals surface area contributed by atoms with Crippen LogP contribution >= 0.6 is 11.6 Å².